The van der Waals surface area contributed by atoms with E-state index < -0.39 is 15.9 Å². The molecule has 2 rings (SSSR count). The molecule has 1 aromatic carbocycles. The van der Waals surface area contributed by atoms with Crippen LogP contribution in [0, 0.1) is 12.8 Å². The normalized spacial score (nSPS) is 18.3. The molecule has 1 fully saturated rings. The third kappa shape index (κ3) is 5.43. The number of nitrogens with zero attached hydrogens (tertiary/aromatic N) is 1. The van der Waals surface area contributed by atoms with Gasteiger partial charge in [0.2, 0.25) is 15.9 Å². The van der Waals surface area contributed by atoms with Gasteiger partial charge in [0, 0.05) is 19.1 Å². The lowest BCUT2D eigenvalue weighted by Gasteiger charge is -2.31. The average molecular weight is 397 g/mol. The second kappa shape index (κ2) is 8.71. The van der Waals surface area contributed by atoms with Crippen molar-refractivity contribution in [3.8, 4) is 5.75 Å². The summed E-state index contributed by atoms with van der Waals surface area (Å²) in [5.74, 6) is -0.669. The van der Waals surface area contributed by atoms with Crippen molar-refractivity contribution >= 4 is 21.8 Å². The van der Waals surface area contributed by atoms with Gasteiger partial charge in [0.05, 0.1) is 10.8 Å². The smallest absolute Gasteiger partial charge is 0.255 e. The van der Waals surface area contributed by atoms with E-state index in [0.29, 0.717) is 30.7 Å². The Morgan fingerprint density at radius 1 is 1.37 bits per heavy atom. The van der Waals surface area contributed by atoms with Gasteiger partial charge in [0.1, 0.15) is 5.75 Å². The van der Waals surface area contributed by atoms with Crippen molar-refractivity contribution in [1.82, 2.24) is 9.62 Å². The van der Waals surface area contributed by atoms with Gasteiger partial charge < -0.3 is 15.8 Å². The zero-order valence-electron chi connectivity index (χ0n) is 15.9. The van der Waals surface area contributed by atoms with Crippen molar-refractivity contribution in [3.05, 3.63) is 23.8 Å². The van der Waals surface area contributed by atoms with Crippen LogP contribution in [0.15, 0.2) is 23.1 Å². The fourth-order valence-electron chi connectivity index (χ4n) is 3.02. The first kappa shape index (κ1) is 21.2. The third-order valence-electron chi connectivity index (χ3n) is 4.34. The molecular weight excluding hydrogens is 370 g/mol. The van der Waals surface area contributed by atoms with Crippen molar-refractivity contribution in [3.63, 3.8) is 0 Å². The molecule has 1 heterocycles. The van der Waals surface area contributed by atoms with Crippen molar-refractivity contribution < 1.29 is 22.7 Å². The number of benzene rings is 1. The van der Waals surface area contributed by atoms with Crippen molar-refractivity contribution in [2.45, 2.75) is 44.6 Å². The van der Waals surface area contributed by atoms with Crippen LogP contribution in [0.25, 0.3) is 0 Å². The van der Waals surface area contributed by atoms with Crippen molar-refractivity contribution in [1.29, 1.82) is 0 Å². The SMILES string of the molecule is Cc1cc(S(=O)(=O)N2CCCC(C(=O)NC(C)C)C2)ccc1OCC(N)=O. The Hall–Kier alpha value is -2.13. The summed E-state index contributed by atoms with van der Waals surface area (Å²) in [6, 6.07) is 4.47. The van der Waals surface area contributed by atoms with E-state index in [1.165, 1.54) is 22.5 Å². The minimum absolute atomic E-state index is 0.0140. The molecule has 27 heavy (non-hydrogen) atoms. The summed E-state index contributed by atoms with van der Waals surface area (Å²) in [6.45, 7) is 5.72. The second-order valence-electron chi connectivity index (χ2n) is 7.05. The van der Waals surface area contributed by atoms with Crippen LogP contribution in [0.3, 0.4) is 0 Å². The Bertz CT molecular complexity index is 807. The molecule has 3 N–H and O–H groups in total. The minimum Gasteiger partial charge on any atom is -0.484 e. The predicted octanol–water partition coefficient (Wildman–Crippen LogP) is 0.784. The maximum absolute atomic E-state index is 13.0. The highest BCUT2D eigenvalue weighted by atomic mass is 32.2. The number of primary amides is 1. The molecule has 1 aliphatic heterocycles. The summed E-state index contributed by atoms with van der Waals surface area (Å²) in [4.78, 5) is 23.2. The van der Waals surface area contributed by atoms with E-state index in [-0.39, 0.29) is 35.9 Å². The Morgan fingerprint density at radius 3 is 2.67 bits per heavy atom. The molecule has 0 bridgehead atoms. The number of hydrogen-bond donors (Lipinski definition) is 2. The van der Waals surface area contributed by atoms with E-state index in [2.05, 4.69) is 5.32 Å². The van der Waals surface area contributed by atoms with E-state index in [9.17, 15) is 18.0 Å². The number of hydrogen-bond acceptors (Lipinski definition) is 5. The van der Waals surface area contributed by atoms with Crippen molar-refractivity contribution in [2.24, 2.45) is 11.7 Å². The summed E-state index contributed by atoms with van der Waals surface area (Å²) in [5.41, 5.74) is 5.64. The fourth-order valence-corrected chi connectivity index (χ4v) is 4.63. The molecule has 150 valence electrons. The zero-order chi connectivity index (χ0) is 20.2. The monoisotopic (exact) mass is 397 g/mol. The lowest BCUT2D eigenvalue weighted by molar-refractivity contribution is -0.126. The molecule has 1 aromatic rings. The molecule has 0 aliphatic carbocycles. The fraction of sp³-hybridized carbons (Fsp3) is 0.556. The van der Waals surface area contributed by atoms with Gasteiger partial charge in [0.15, 0.2) is 6.61 Å². The van der Waals surface area contributed by atoms with Gasteiger partial charge in [-0.1, -0.05) is 0 Å². The molecule has 1 atom stereocenters. The highest BCUT2D eigenvalue weighted by molar-refractivity contribution is 7.89. The van der Waals surface area contributed by atoms with Crippen LogP contribution in [0.2, 0.25) is 0 Å². The van der Waals surface area contributed by atoms with Gasteiger partial charge in [-0.05, 0) is 57.4 Å². The summed E-state index contributed by atoms with van der Waals surface area (Å²) in [7, 11) is -3.72. The number of piperidine rings is 1. The highest BCUT2D eigenvalue weighted by Crippen LogP contribution is 2.27. The first-order valence-electron chi connectivity index (χ1n) is 8.93. The first-order valence-corrected chi connectivity index (χ1v) is 10.4. The van der Waals surface area contributed by atoms with Gasteiger partial charge in [-0.2, -0.15) is 4.31 Å². The number of aryl methyl sites for hydroxylation is 1. The third-order valence-corrected chi connectivity index (χ3v) is 6.20. The molecular formula is C18H27N3O5S. The molecule has 0 aromatic heterocycles. The van der Waals surface area contributed by atoms with Crippen LogP contribution >= 0.6 is 0 Å². The first-order chi connectivity index (χ1) is 12.6. The number of amides is 2. The van der Waals surface area contributed by atoms with Crippen LogP contribution in [0.4, 0.5) is 0 Å². The Kier molecular flexibility index (Phi) is 6.83. The Balaban J connectivity index is 2.16. The van der Waals surface area contributed by atoms with Crippen LogP contribution < -0.4 is 15.8 Å². The summed E-state index contributed by atoms with van der Waals surface area (Å²) < 4.78 is 32.6. The van der Waals surface area contributed by atoms with E-state index in [1.807, 2.05) is 13.8 Å². The molecule has 1 aliphatic rings. The highest BCUT2D eigenvalue weighted by Gasteiger charge is 2.33. The largest absolute Gasteiger partial charge is 0.484 e. The minimum atomic E-state index is -3.72. The molecule has 0 radical (unpaired) electrons. The summed E-state index contributed by atoms with van der Waals surface area (Å²) in [5, 5.41) is 2.85. The molecule has 2 amide bonds. The van der Waals surface area contributed by atoms with Gasteiger partial charge in [-0.15, -0.1) is 0 Å². The van der Waals surface area contributed by atoms with Crippen LogP contribution in [0.1, 0.15) is 32.3 Å². The molecule has 1 unspecified atom stereocenters. The van der Waals surface area contributed by atoms with E-state index in [4.69, 9.17) is 10.5 Å². The van der Waals surface area contributed by atoms with Crippen molar-refractivity contribution in [2.75, 3.05) is 19.7 Å². The lowest BCUT2D eigenvalue weighted by Crippen LogP contribution is -2.46. The number of sulfonamides is 1. The van der Waals surface area contributed by atoms with Crippen LogP contribution in [-0.2, 0) is 19.6 Å². The Labute approximate surface area is 160 Å². The van der Waals surface area contributed by atoms with Gasteiger partial charge >= 0.3 is 0 Å². The number of nitrogens with one attached hydrogen (secondary N) is 1. The number of rotatable bonds is 7. The maximum atomic E-state index is 13.0. The molecule has 8 nitrogen and oxygen atoms in total. The molecule has 0 spiro atoms. The van der Waals surface area contributed by atoms with E-state index in [0.717, 1.165) is 0 Å². The second-order valence-corrected chi connectivity index (χ2v) is 8.99. The zero-order valence-corrected chi connectivity index (χ0v) is 16.7. The van der Waals surface area contributed by atoms with Crippen LogP contribution in [-0.4, -0.2) is 50.3 Å². The average Bonchev–Trinajstić information content (AvgIpc) is 2.60. The van der Waals surface area contributed by atoms with Gasteiger partial charge in [-0.3, -0.25) is 9.59 Å². The lowest BCUT2D eigenvalue weighted by atomic mass is 9.98. The standard InChI is InChI=1S/C18H27N3O5S/c1-12(2)20-18(23)14-5-4-8-21(10-14)27(24,25)15-6-7-16(13(3)9-15)26-11-17(19)22/h6-7,9,12,14H,4-5,8,10-11H2,1-3H3,(H2,19,22)(H,20,23). The van der Waals surface area contributed by atoms with E-state index >= 15 is 0 Å². The number of ether oxygens (including phenoxy) is 1. The van der Waals surface area contributed by atoms with Crippen LogP contribution in [0.5, 0.6) is 5.75 Å². The molecule has 9 heteroatoms. The Morgan fingerprint density at radius 2 is 2.07 bits per heavy atom. The maximum Gasteiger partial charge on any atom is 0.255 e. The topological polar surface area (TPSA) is 119 Å². The quantitative estimate of drug-likeness (QED) is 0.705. The predicted molar refractivity (Wildman–Crippen MR) is 101 cm³/mol. The summed E-state index contributed by atoms with van der Waals surface area (Å²) in [6.07, 6.45) is 1.30. The number of carbonyl (C=O) groups excluding carboxylic acids is 2. The molecule has 0 saturated carbocycles. The number of carbonyl (C=O) groups is 2. The van der Waals surface area contributed by atoms with Gasteiger partial charge in [0.25, 0.3) is 5.91 Å². The summed E-state index contributed by atoms with van der Waals surface area (Å²) >= 11 is 0. The van der Waals surface area contributed by atoms with Gasteiger partial charge in [-0.25, -0.2) is 8.42 Å². The number of nitrogens with two attached hydrogens (primary N) is 1. The molecule has 1 saturated heterocycles. The van der Waals surface area contributed by atoms with E-state index in [1.54, 1.807) is 6.92 Å².